The van der Waals surface area contributed by atoms with Gasteiger partial charge in [0.1, 0.15) is 0 Å². The molecule has 2 heterocycles. The molecule has 29 heavy (non-hydrogen) atoms. The Hall–Kier alpha value is -2.88. The summed E-state index contributed by atoms with van der Waals surface area (Å²) in [6, 6.07) is 8.16. The summed E-state index contributed by atoms with van der Waals surface area (Å²) in [4.78, 5) is 16.5. The van der Waals surface area contributed by atoms with Gasteiger partial charge in [-0.15, -0.1) is 10.2 Å². The van der Waals surface area contributed by atoms with Crippen LogP contribution in [0.25, 0.3) is 11.4 Å². The minimum absolute atomic E-state index is 0.0895. The van der Waals surface area contributed by atoms with Gasteiger partial charge in [0.05, 0.1) is 10.8 Å². The van der Waals surface area contributed by atoms with E-state index in [1.54, 1.807) is 19.3 Å². The summed E-state index contributed by atoms with van der Waals surface area (Å²) >= 11 is 1.19. The molecule has 0 saturated heterocycles. The fourth-order valence-corrected chi connectivity index (χ4v) is 3.52. The second kappa shape index (κ2) is 8.64. The van der Waals surface area contributed by atoms with Crippen molar-refractivity contribution in [1.82, 2.24) is 19.7 Å². The van der Waals surface area contributed by atoms with Crippen molar-refractivity contribution in [2.24, 2.45) is 0 Å². The van der Waals surface area contributed by atoms with E-state index in [0.29, 0.717) is 17.5 Å². The van der Waals surface area contributed by atoms with Crippen LogP contribution in [0.5, 0.6) is 0 Å². The Morgan fingerprint density at radius 2 is 1.93 bits per heavy atom. The van der Waals surface area contributed by atoms with Crippen molar-refractivity contribution in [3.8, 4) is 11.4 Å². The molecule has 10 heteroatoms. The zero-order chi connectivity index (χ0) is 21.0. The van der Waals surface area contributed by atoms with Crippen molar-refractivity contribution in [3.05, 3.63) is 54.4 Å². The van der Waals surface area contributed by atoms with Crippen LogP contribution < -0.4 is 5.32 Å². The molecule has 1 aromatic carbocycles. The SMILES string of the molecule is CCn1c(SC(C)C(=O)Nc2cccc(C(F)(F)F)c2)nnc1-c1ccncc1. The van der Waals surface area contributed by atoms with E-state index in [4.69, 9.17) is 0 Å². The first-order valence-corrected chi connectivity index (χ1v) is 9.66. The zero-order valence-corrected chi connectivity index (χ0v) is 16.5. The van der Waals surface area contributed by atoms with E-state index < -0.39 is 22.9 Å². The molecule has 0 aliphatic rings. The second-order valence-corrected chi connectivity index (χ2v) is 7.42. The molecule has 0 fully saturated rings. The van der Waals surface area contributed by atoms with Gasteiger partial charge < -0.3 is 9.88 Å². The van der Waals surface area contributed by atoms with Crippen molar-refractivity contribution < 1.29 is 18.0 Å². The summed E-state index contributed by atoms with van der Waals surface area (Å²) in [5.74, 6) is 0.230. The largest absolute Gasteiger partial charge is 0.416 e. The van der Waals surface area contributed by atoms with E-state index >= 15 is 0 Å². The van der Waals surface area contributed by atoms with Crippen LogP contribution in [0.2, 0.25) is 0 Å². The third-order valence-electron chi connectivity index (χ3n) is 4.08. The fraction of sp³-hybridized carbons (Fsp3) is 0.263. The molecular weight excluding hydrogens is 403 g/mol. The Bertz CT molecular complexity index is 991. The van der Waals surface area contributed by atoms with Crippen LogP contribution in [0.3, 0.4) is 0 Å². The first-order valence-electron chi connectivity index (χ1n) is 8.78. The van der Waals surface area contributed by atoms with E-state index in [2.05, 4.69) is 20.5 Å². The summed E-state index contributed by atoms with van der Waals surface area (Å²) < 4.78 is 40.4. The standard InChI is InChI=1S/C19H18F3N5OS/c1-3-27-16(13-7-9-23-10-8-13)25-26-18(27)29-12(2)17(28)24-15-6-4-5-14(11-15)19(20,21)22/h4-12H,3H2,1-2H3,(H,24,28). The first kappa shape index (κ1) is 20.8. The maximum Gasteiger partial charge on any atom is 0.416 e. The molecule has 3 rings (SSSR count). The number of hydrogen-bond donors (Lipinski definition) is 1. The Balaban J connectivity index is 1.73. The van der Waals surface area contributed by atoms with E-state index in [-0.39, 0.29) is 5.69 Å². The summed E-state index contributed by atoms with van der Waals surface area (Å²) in [6.45, 7) is 4.19. The number of amides is 1. The lowest BCUT2D eigenvalue weighted by Crippen LogP contribution is -2.23. The van der Waals surface area contributed by atoms with Gasteiger partial charge >= 0.3 is 6.18 Å². The van der Waals surface area contributed by atoms with Gasteiger partial charge in [-0.3, -0.25) is 9.78 Å². The number of carbonyl (C=O) groups is 1. The van der Waals surface area contributed by atoms with Gasteiger partial charge in [0.2, 0.25) is 5.91 Å². The summed E-state index contributed by atoms with van der Waals surface area (Å²) in [5.41, 5.74) is 0.123. The molecule has 1 unspecified atom stereocenters. The van der Waals surface area contributed by atoms with Crippen molar-refractivity contribution in [3.63, 3.8) is 0 Å². The van der Waals surface area contributed by atoms with Crippen molar-refractivity contribution in [1.29, 1.82) is 0 Å². The second-order valence-electron chi connectivity index (χ2n) is 6.11. The van der Waals surface area contributed by atoms with E-state index in [9.17, 15) is 18.0 Å². The quantitative estimate of drug-likeness (QED) is 0.594. The first-order chi connectivity index (χ1) is 13.8. The maximum atomic E-state index is 12.8. The number of thioether (sulfide) groups is 1. The monoisotopic (exact) mass is 421 g/mol. The Morgan fingerprint density at radius 3 is 2.59 bits per heavy atom. The number of nitrogens with one attached hydrogen (secondary N) is 1. The highest BCUT2D eigenvalue weighted by Gasteiger charge is 2.30. The van der Waals surface area contributed by atoms with Crippen LogP contribution in [-0.4, -0.2) is 30.9 Å². The van der Waals surface area contributed by atoms with Crippen LogP contribution in [-0.2, 0) is 17.5 Å². The molecule has 1 atom stereocenters. The molecule has 0 spiro atoms. The number of hydrogen-bond acceptors (Lipinski definition) is 5. The van der Waals surface area contributed by atoms with E-state index in [1.807, 2.05) is 23.6 Å². The van der Waals surface area contributed by atoms with Gasteiger partial charge in [-0.1, -0.05) is 17.8 Å². The van der Waals surface area contributed by atoms with Crippen LogP contribution in [0.4, 0.5) is 18.9 Å². The predicted octanol–water partition coefficient (Wildman–Crippen LogP) is 4.50. The predicted molar refractivity (Wildman–Crippen MR) is 104 cm³/mol. The molecule has 6 nitrogen and oxygen atoms in total. The van der Waals surface area contributed by atoms with Crippen LogP contribution in [0, 0.1) is 0 Å². The Morgan fingerprint density at radius 1 is 1.21 bits per heavy atom. The lowest BCUT2D eigenvalue weighted by molar-refractivity contribution is -0.137. The average Bonchev–Trinajstić information content (AvgIpc) is 3.10. The van der Waals surface area contributed by atoms with Crippen molar-refractivity contribution in [2.75, 3.05) is 5.32 Å². The normalized spacial score (nSPS) is 12.6. The minimum Gasteiger partial charge on any atom is -0.325 e. The lowest BCUT2D eigenvalue weighted by Gasteiger charge is -2.14. The smallest absolute Gasteiger partial charge is 0.325 e. The Labute approximate surface area is 169 Å². The lowest BCUT2D eigenvalue weighted by atomic mass is 10.2. The highest BCUT2D eigenvalue weighted by molar-refractivity contribution is 8.00. The molecule has 1 N–H and O–H groups in total. The summed E-state index contributed by atoms with van der Waals surface area (Å²) in [5, 5.41) is 10.8. The maximum absolute atomic E-state index is 12.8. The topological polar surface area (TPSA) is 72.7 Å². The van der Waals surface area contributed by atoms with E-state index in [0.717, 1.165) is 17.7 Å². The minimum atomic E-state index is -4.47. The highest BCUT2D eigenvalue weighted by atomic mass is 32.2. The third kappa shape index (κ3) is 4.94. The number of rotatable bonds is 6. The number of benzene rings is 1. The van der Waals surface area contributed by atoms with Crippen LogP contribution in [0.1, 0.15) is 19.4 Å². The number of aromatic nitrogens is 4. The van der Waals surface area contributed by atoms with Crippen molar-refractivity contribution in [2.45, 2.75) is 37.0 Å². The van der Waals surface area contributed by atoms with Gasteiger partial charge in [0.15, 0.2) is 11.0 Å². The van der Waals surface area contributed by atoms with Crippen LogP contribution in [0.15, 0.2) is 53.9 Å². The number of carbonyl (C=O) groups excluding carboxylic acids is 1. The van der Waals surface area contributed by atoms with Gasteiger partial charge in [-0.25, -0.2) is 0 Å². The number of pyridine rings is 1. The summed E-state index contributed by atoms with van der Waals surface area (Å²) in [7, 11) is 0. The average molecular weight is 421 g/mol. The molecule has 0 saturated carbocycles. The van der Waals surface area contributed by atoms with E-state index in [1.165, 1.54) is 23.9 Å². The van der Waals surface area contributed by atoms with Gasteiger partial charge in [0.25, 0.3) is 0 Å². The molecule has 3 aromatic rings. The molecule has 0 aliphatic heterocycles. The third-order valence-corrected chi connectivity index (χ3v) is 5.16. The number of nitrogens with zero attached hydrogens (tertiary/aromatic N) is 4. The zero-order valence-electron chi connectivity index (χ0n) is 15.6. The molecule has 0 aliphatic carbocycles. The molecule has 0 bridgehead atoms. The number of halogens is 3. The highest BCUT2D eigenvalue weighted by Crippen LogP contribution is 2.31. The van der Waals surface area contributed by atoms with Crippen molar-refractivity contribution >= 4 is 23.4 Å². The molecule has 152 valence electrons. The fourth-order valence-electron chi connectivity index (χ4n) is 2.60. The molecule has 1 amide bonds. The number of alkyl halides is 3. The molecule has 2 aromatic heterocycles. The van der Waals surface area contributed by atoms with Gasteiger partial charge in [0, 0.05) is 30.2 Å². The Kier molecular flexibility index (Phi) is 6.21. The summed E-state index contributed by atoms with van der Waals surface area (Å²) in [6.07, 6.45) is -1.16. The van der Waals surface area contributed by atoms with Gasteiger partial charge in [-0.2, -0.15) is 13.2 Å². The van der Waals surface area contributed by atoms with Crippen LogP contribution >= 0.6 is 11.8 Å². The molecule has 0 radical (unpaired) electrons. The van der Waals surface area contributed by atoms with Gasteiger partial charge in [-0.05, 0) is 44.2 Å². The molecular formula is C19H18F3N5OS. The number of anilines is 1.